The summed E-state index contributed by atoms with van der Waals surface area (Å²) in [5, 5.41) is 0. The summed E-state index contributed by atoms with van der Waals surface area (Å²) in [6.07, 6.45) is 0. The summed E-state index contributed by atoms with van der Waals surface area (Å²) >= 11 is 2.31. The van der Waals surface area contributed by atoms with Gasteiger partial charge >= 0.3 is 0 Å². The fourth-order valence-corrected chi connectivity index (χ4v) is 1.85. The van der Waals surface area contributed by atoms with Gasteiger partial charge in [-0.2, -0.15) is 0 Å². The molecule has 2 heteroatoms. The first-order chi connectivity index (χ1) is 6.45. The second kappa shape index (κ2) is 4.51. The third-order valence-electron chi connectivity index (χ3n) is 2.05. The molecule has 0 aliphatic rings. The van der Waals surface area contributed by atoms with E-state index in [0.29, 0.717) is 0 Å². The minimum absolute atomic E-state index is 0.148. The highest BCUT2D eigenvalue weighted by molar-refractivity contribution is 14.1. The Morgan fingerprint density at radius 3 is 2.43 bits per heavy atom. The van der Waals surface area contributed by atoms with Crippen LogP contribution in [0.4, 0.5) is 0 Å². The van der Waals surface area contributed by atoms with Crippen LogP contribution in [0.2, 0.25) is 0 Å². The van der Waals surface area contributed by atoms with Gasteiger partial charge in [-0.25, -0.2) is 0 Å². The Labute approximate surface area is 100.0 Å². The van der Waals surface area contributed by atoms with Crippen molar-refractivity contribution < 1.29 is 4.74 Å². The van der Waals surface area contributed by atoms with Crippen molar-refractivity contribution in [2.45, 2.75) is 33.1 Å². The maximum Gasteiger partial charge on any atom is 0.124 e. The lowest BCUT2D eigenvalue weighted by atomic mass is 9.86. The molecule has 1 aromatic rings. The topological polar surface area (TPSA) is 9.23 Å². The molecule has 0 bridgehead atoms. The minimum Gasteiger partial charge on any atom is -0.494 e. The first-order valence-electron chi connectivity index (χ1n) is 4.88. The first-order valence-corrected chi connectivity index (χ1v) is 5.96. The zero-order chi connectivity index (χ0) is 10.8. The van der Waals surface area contributed by atoms with E-state index in [0.717, 1.165) is 12.4 Å². The van der Waals surface area contributed by atoms with Gasteiger partial charge in [0.1, 0.15) is 5.75 Å². The number of halogens is 1. The largest absolute Gasteiger partial charge is 0.494 e. The lowest BCUT2D eigenvalue weighted by Crippen LogP contribution is -2.13. The van der Waals surface area contributed by atoms with Crippen LogP contribution in [-0.4, -0.2) is 6.61 Å². The molecule has 0 atom stereocenters. The van der Waals surface area contributed by atoms with E-state index in [-0.39, 0.29) is 5.41 Å². The molecule has 0 fully saturated rings. The van der Waals surface area contributed by atoms with Crippen LogP contribution in [0, 0.1) is 3.57 Å². The lowest BCUT2D eigenvalue weighted by Gasteiger charge is -2.22. The standard InChI is InChI=1S/C12H17IO/c1-5-14-11-8-9(13)6-7-10(11)12(2,3)4/h6-8H,5H2,1-4H3. The summed E-state index contributed by atoms with van der Waals surface area (Å²) < 4.78 is 6.86. The van der Waals surface area contributed by atoms with Crippen LogP contribution in [0.5, 0.6) is 5.75 Å². The third-order valence-corrected chi connectivity index (χ3v) is 2.72. The highest BCUT2D eigenvalue weighted by atomic mass is 127. The lowest BCUT2D eigenvalue weighted by molar-refractivity contribution is 0.329. The molecule has 0 saturated carbocycles. The molecular formula is C12H17IO. The maximum absolute atomic E-state index is 5.64. The Hall–Kier alpha value is -0.250. The molecule has 0 spiro atoms. The molecule has 1 nitrogen and oxygen atoms in total. The van der Waals surface area contributed by atoms with Crippen molar-refractivity contribution >= 4 is 22.6 Å². The van der Waals surface area contributed by atoms with E-state index >= 15 is 0 Å². The van der Waals surface area contributed by atoms with Crippen LogP contribution in [-0.2, 0) is 5.41 Å². The van der Waals surface area contributed by atoms with E-state index in [1.807, 2.05) is 6.92 Å². The number of ether oxygens (including phenoxy) is 1. The van der Waals surface area contributed by atoms with E-state index in [1.54, 1.807) is 0 Å². The Morgan fingerprint density at radius 1 is 1.29 bits per heavy atom. The SMILES string of the molecule is CCOc1cc(I)ccc1C(C)(C)C. The van der Waals surface area contributed by atoms with Crippen molar-refractivity contribution in [3.8, 4) is 5.75 Å². The predicted molar refractivity (Wildman–Crippen MR) is 69.0 cm³/mol. The molecule has 0 N–H and O–H groups in total. The van der Waals surface area contributed by atoms with Crippen molar-refractivity contribution in [3.63, 3.8) is 0 Å². The van der Waals surface area contributed by atoms with Gasteiger partial charge in [-0.3, -0.25) is 0 Å². The number of rotatable bonds is 2. The molecule has 0 amide bonds. The Bertz CT molecular complexity index is 313. The van der Waals surface area contributed by atoms with E-state index < -0.39 is 0 Å². The summed E-state index contributed by atoms with van der Waals surface area (Å²) in [5.74, 6) is 1.02. The Morgan fingerprint density at radius 2 is 1.93 bits per heavy atom. The van der Waals surface area contributed by atoms with Gasteiger partial charge in [0.25, 0.3) is 0 Å². The molecule has 1 rings (SSSR count). The third kappa shape index (κ3) is 2.87. The molecule has 1 aromatic carbocycles. The van der Waals surface area contributed by atoms with E-state index in [1.165, 1.54) is 9.13 Å². The molecule has 14 heavy (non-hydrogen) atoms. The molecule has 0 radical (unpaired) electrons. The normalized spacial score (nSPS) is 11.5. The average molecular weight is 304 g/mol. The van der Waals surface area contributed by atoms with Gasteiger partial charge in [-0.05, 0) is 52.6 Å². The van der Waals surface area contributed by atoms with Crippen LogP contribution in [0.3, 0.4) is 0 Å². The second-order valence-electron chi connectivity index (χ2n) is 4.32. The Balaban J connectivity index is 3.15. The van der Waals surface area contributed by atoms with Crippen molar-refractivity contribution in [3.05, 3.63) is 27.3 Å². The first kappa shape index (κ1) is 11.8. The van der Waals surface area contributed by atoms with Gasteiger partial charge in [0.2, 0.25) is 0 Å². The van der Waals surface area contributed by atoms with Crippen molar-refractivity contribution in [2.75, 3.05) is 6.61 Å². The zero-order valence-corrected chi connectivity index (χ0v) is 11.4. The highest BCUT2D eigenvalue weighted by Gasteiger charge is 2.18. The van der Waals surface area contributed by atoms with Gasteiger partial charge in [-0.1, -0.05) is 26.8 Å². The van der Waals surface area contributed by atoms with E-state index in [9.17, 15) is 0 Å². The van der Waals surface area contributed by atoms with E-state index in [2.05, 4.69) is 61.6 Å². The number of hydrogen-bond acceptors (Lipinski definition) is 1. The van der Waals surface area contributed by atoms with Crippen LogP contribution in [0.1, 0.15) is 33.3 Å². The van der Waals surface area contributed by atoms with Gasteiger partial charge in [0.05, 0.1) is 6.61 Å². The molecule has 0 heterocycles. The maximum atomic E-state index is 5.64. The molecule has 0 aromatic heterocycles. The molecule has 78 valence electrons. The second-order valence-corrected chi connectivity index (χ2v) is 5.57. The highest BCUT2D eigenvalue weighted by Crippen LogP contribution is 2.32. The smallest absolute Gasteiger partial charge is 0.124 e. The molecule has 0 aliphatic carbocycles. The molecule has 0 aliphatic heterocycles. The van der Waals surface area contributed by atoms with Gasteiger partial charge in [-0.15, -0.1) is 0 Å². The Kier molecular flexibility index (Phi) is 3.81. The summed E-state index contributed by atoms with van der Waals surface area (Å²) in [5.41, 5.74) is 1.43. The van der Waals surface area contributed by atoms with Crippen LogP contribution in [0.15, 0.2) is 18.2 Å². The van der Waals surface area contributed by atoms with Crippen molar-refractivity contribution in [1.82, 2.24) is 0 Å². The monoisotopic (exact) mass is 304 g/mol. The summed E-state index contributed by atoms with van der Waals surface area (Å²) in [6.45, 7) is 9.36. The molecule has 0 unspecified atom stereocenters. The van der Waals surface area contributed by atoms with Crippen molar-refractivity contribution in [1.29, 1.82) is 0 Å². The zero-order valence-electron chi connectivity index (χ0n) is 9.23. The summed E-state index contributed by atoms with van der Waals surface area (Å²) in [4.78, 5) is 0. The predicted octanol–water partition coefficient (Wildman–Crippen LogP) is 3.99. The average Bonchev–Trinajstić information content (AvgIpc) is 2.02. The van der Waals surface area contributed by atoms with E-state index in [4.69, 9.17) is 4.74 Å². The number of hydrogen-bond donors (Lipinski definition) is 0. The summed E-state index contributed by atoms with van der Waals surface area (Å²) in [7, 11) is 0. The van der Waals surface area contributed by atoms with Crippen molar-refractivity contribution in [2.24, 2.45) is 0 Å². The number of benzene rings is 1. The van der Waals surface area contributed by atoms with Crippen LogP contribution >= 0.6 is 22.6 Å². The minimum atomic E-state index is 0.148. The van der Waals surface area contributed by atoms with Gasteiger partial charge in [0.15, 0.2) is 0 Å². The van der Waals surface area contributed by atoms with Crippen LogP contribution < -0.4 is 4.74 Å². The summed E-state index contributed by atoms with van der Waals surface area (Å²) in [6, 6.07) is 6.39. The molecular weight excluding hydrogens is 287 g/mol. The van der Waals surface area contributed by atoms with Gasteiger partial charge < -0.3 is 4.74 Å². The quantitative estimate of drug-likeness (QED) is 0.751. The van der Waals surface area contributed by atoms with Crippen LogP contribution in [0.25, 0.3) is 0 Å². The fourth-order valence-electron chi connectivity index (χ4n) is 1.39. The fraction of sp³-hybridized carbons (Fsp3) is 0.500. The molecule has 0 saturated heterocycles. The van der Waals surface area contributed by atoms with Gasteiger partial charge in [0, 0.05) is 3.57 Å².